The van der Waals surface area contributed by atoms with Crippen LogP contribution in [0.15, 0.2) is 18.2 Å². The first-order chi connectivity index (χ1) is 9.18. The van der Waals surface area contributed by atoms with Crippen molar-refractivity contribution in [2.75, 3.05) is 13.2 Å². The van der Waals surface area contributed by atoms with E-state index in [1.807, 2.05) is 13.0 Å². The first-order valence-corrected chi connectivity index (χ1v) is 6.78. The summed E-state index contributed by atoms with van der Waals surface area (Å²) in [6.07, 6.45) is 4.55. The monoisotopic (exact) mass is 264 g/mol. The van der Waals surface area contributed by atoms with E-state index in [0.717, 1.165) is 18.5 Å². The third kappa shape index (κ3) is 3.67. The molecule has 1 fully saturated rings. The van der Waals surface area contributed by atoms with Crippen LogP contribution >= 0.6 is 0 Å². The van der Waals surface area contributed by atoms with Gasteiger partial charge >= 0.3 is 5.69 Å². The van der Waals surface area contributed by atoms with Crippen LogP contribution in [0.2, 0.25) is 0 Å². The third-order valence-electron chi connectivity index (χ3n) is 3.51. The van der Waals surface area contributed by atoms with Gasteiger partial charge in [0.2, 0.25) is 0 Å². The van der Waals surface area contributed by atoms with Gasteiger partial charge in [-0.05, 0) is 38.3 Å². The van der Waals surface area contributed by atoms with Crippen molar-refractivity contribution in [2.24, 2.45) is 0 Å². The average molecular weight is 264 g/mol. The highest BCUT2D eigenvalue weighted by atomic mass is 16.6. The van der Waals surface area contributed by atoms with E-state index in [2.05, 4.69) is 5.32 Å². The molecule has 1 N–H and O–H groups in total. The van der Waals surface area contributed by atoms with E-state index in [0.29, 0.717) is 18.4 Å². The Bertz CT molecular complexity index is 442. The van der Waals surface area contributed by atoms with Crippen LogP contribution in [0.5, 0.6) is 5.75 Å². The summed E-state index contributed by atoms with van der Waals surface area (Å²) in [5.41, 5.74) is 0.863. The van der Waals surface area contributed by atoms with Crippen molar-refractivity contribution < 1.29 is 9.66 Å². The van der Waals surface area contributed by atoms with Gasteiger partial charge in [0.25, 0.3) is 0 Å². The minimum absolute atomic E-state index is 0.0524. The standard InChI is InChI=1S/C14H20N2O3/c1-11-5-4-7-13(16(17)18)14(11)19-10-8-12-6-2-3-9-15-12/h4-5,7,12,15H,2-3,6,8-10H2,1H3. The van der Waals surface area contributed by atoms with E-state index in [1.165, 1.54) is 25.3 Å². The molecule has 0 bridgehead atoms. The molecule has 1 atom stereocenters. The van der Waals surface area contributed by atoms with Crippen LogP contribution in [-0.4, -0.2) is 24.1 Å². The molecule has 104 valence electrons. The first kappa shape index (κ1) is 13.8. The number of nitrogens with one attached hydrogen (secondary N) is 1. The summed E-state index contributed by atoms with van der Waals surface area (Å²) in [5, 5.41) is 14.4. The Kier molecular flexibility index (Phi) is 4.74. The predicted molar refractivity (Wildman–Crippen MR) is 73.6 cm³/mol. The molecule has 2 rings (SSSR count). The Hall–Kier alpha value is -1.62. The van der Waals surface area contributed by atoms with Crippen molar-refractivity contribution in [3.05, 3.63) is 33.9 Å². The number of hydrogen-bond donors (Lipinski definition) is 1. The predicted octanol–water partition coefficient (Wildman–Crippen LogP) is 2.81. The molecule has 0 amide bonds. The summed E-state index contributed by atoms with van der Waals surface area (Å²) in [6, 6.07) is 5.49. The molecule has 1 aliphatic rings. The molecule has 0 aliphatic carbocycles. The van der Waals surface area contributed by atoms with E-state index in [1.54, 1.807) is 6.07 Å². The highest BCUT2D eigenvalue weighted by molar-refractivity contribution is 5.51. The Labute approximate surface area is 113 Å². The summed E-state index contributed by atoms with van der Waals surface area (Å²) in [6.45, 7) is 3.42. The third-order valence-corrected chi connectivity index (χ3v) is 3.51. The molecule has 1 aromatic carbocycles. The van der Waals surface area contributed by atoms with Gasteiger partial charge < -0.3 is 10.1 Å². The number of aryl methyl sites for hydroxylation is 1. The maximum Gasteiger partial charge on any atom is 0.311 e. The minimum Gasteiger partial charge on any atom is -0.487 e. The molecule has 5 nitrogen and oxygen atoms in total. The Morgan fingerprint density at radius 2 is 2.32 bits per heavy atom. The molecule has 0 spiro atoms. The lowest BCUT2D eigenvalue weighted by Crippen LogP contribution is -2.35. The maximum absolute atomic E-state index is 11.0. The zero-order valence-corrected chi connectivity index (χ0v) is 11.2. The fourth-order valence-electron chi connectivity index (χ4n) is 2.44. The SMILES string of the molecule is Cc1cccc([N+](=O)[O-])c1OCCC1CCCCN1. The van der Waals surface area contributed by atoms with Crippen molar-refractivity contribution in [2.45, 2.75) is 38.6 Å². The van der Waals surface area contributed by atoms with Gasteiger partial charge in [-0.25, -0.2) is 0 Å². The van der Waals surface area contributed by atoms with Crippen LogP contribution in [-0.2, 0) is 0 Å². The Morgan fingerprint density at radius 1 is 1.47 bits per heavy atom. The van der Waals surface area contributed by atoms with E-state index < -0.39 is 0 Å². The van der Waals surface area contributed by atoms with E-state index >= 15 is 0 Å². The van der Waals surface area contributed by atoms with Crippen LogP contribution < -0.4 is 10.1 Å². The van der Waals surface area contributed by atoms with Crippen LogP contribution in [0, 0.1) is 17.0 Å². The van der Waals surface area contributed by atoms with Crippen LogP contribution in [0.1, 0.15) is 31.2 Å². The Morgan fingerprint density at radius 3 is 3.00 bits per heavy atom. The lowest BCUT2D eigenvalue weighted by Gasteiger charge is -2.23. The Balaban J connectivity index is 1.93. The topological polar surface area (TPSA) is 64.4 Å². The molecule has 0 saturated carbocycles. The maximum atomic E-state index is 11.0. The summed E-state index contributed by atoms with van der Waals surface area (Å²) >= 11 is 0. The van der Waals surface area contributed by atoms with Crippen LogP contribution in [0.4, 0.5) is 5.69 Å². The number of nitro benzene ring substituents is 1. The lowest BCUT2D eigenvalue weighted by molar-refractivity contribution is -0.385. The van der Waals surface area contributed by atoms with Gasteiger partial charge in [0.05, 0.1) is 11.5 Å². The quantitative estimate of drug-likeness (QED) is 0.656. The zero-order valence-electron chi connectivity index (χ0n) is 11.2. The second kappa shape index (κ2) is 6.52. The summed E-state index contributed by atoms with van der Waals surface area (Å²) in [7, 11) is 0. The van der Waals surface area contributed by atoms with Crippen molar-refractivity contribution in [1.82, 2.24) is 5.32 Å². The molecule has 1 heterocycles. The van der Waals surface area contributed by atoms with E-state index in [4.69, 9.17) is 4.74 Å². The molecule has 1 aliphatic heterocycles. The van der Waals surface area contributed by atoms with Gasteiger partial charge in [-0.15, -0.1) is 0 Å². The number of para-hydroxylation sites is 1. The number of benzene rings is 1. The van der Waals surface area contributed by atoms with E-state index in [-0.39, 0.29) is 10.6 Å². The molecule has 19 heavy (non-hydrogen) atoms. The van der Waals surface area contributed by atoms with Gasteiger partial charge in [-0.3, -0.25) is 10.1 Å². The number of ether oxygens (including phenoxy) is 1. The first-order valence-electron chi connectivity index (χ1n) is 6.78. The molecule has 0 aromatic heterocycles. The van der Waals surface area contributed by atoms with Crippen molar-refractivity contribution in [3.63, 3.8) is 0 Å². The number of rotatable bonds is 5. The average Bonchev–Trinajstić information content (AvgIpc) is 2.41. The number of nitrogens with zero attached hydrogens (tertiary/aromatic N) is 1. The normalized spacial score (nSPS) is 19.1. The molecule has 1 aromatic rings. The van der Waals surface area contributed by atoms with Crippen molar-refractivity contribution in [3.8, 4) is 5.75 Å². The van der Waals surface area contributed by atoms with Crippen LogP contribution in [0.3, 0.4) is 0 Å². The zero-order chi connectivity index (χ0) is 13.7. The highest BCUT2D eigenvalue weighted by Crippen LogP contribution is 2.30. The molecule has 5 heteroatoms. The van der Waals surface area contributed by atoms with E-state index in [9.17, 15) is 10.1 Å². The van der Waals surface area contributed by atoms with Gasteiger partial charge in [0.15, 0.2) is 5.75 Å². The van der Waals surface area contributed by atoms with Crippen molar-refractivity contribution in [1.29, 1.82) is 0 Å². The minimum atomic E-state index is -0.388. The summed E-state index contributed by atoms with van der Waals surface area (Å²) < 4.78 is 5.65. The van der Waals surface area contributed by atoms with Gasteiger partial charge in [0.1, 0.15) is 0 Å². The summed E-state index contributed by atoms with van der Waals surface area (Å²) in [5.74, 6) is 0.406. The molecule has 1 saturated heterocycles. The molecular formula is C14H20N2O3. The fourth-order valence-corrected chi connectivity index (χ4v) is 2.44. The number of piperidine rings is 1. The summed E-state index contributed by atoms with van der Waals surface area (Å²) in [4.78, 5) is 10.6. The van der Waals surface area contributed by atoms with Gasteiger partial charge in [-0.1, -0.05) is 18.6 Å². The highest BCUT2D eigenvalue weighted by Gasteiger charge is 2.18. The lowest BCUT2D eigenvalue weighted by atomic mass is 10.0. The van der Waals surface area contributed by atoms with Crippen LogP contribution in [0.25, 0.3) is 0 Å². The molecule has 1 unspecified atom stereocenters. The largest absolute Gasteiger partial charge is 0.487 e. The van der Waals surface area contributed by atoms with Gasteiger partial charge in [-0.2, -0.15) is 0 Å². The molecule has 0 radical (unpaired) electrons. The molecular weight excluding hydrogens is 244 g/mol. The second-order valence-corrected chi connectivity index (χ2v) is 4.96. The number of hydrogen-bond acceptors (Lipinski definition) is 4. The fraction of sp³-hybridized carbons (Fsp3) is 0.571. The number of nitro groups is 1. The van der Waals surface area contributed by atoms with Crippen molar-refractivity contribution >= 4 is 5.69 Å². The smallest absolute Gasteiger partial charge is 0.311 e. The van der Waals surface area contributed by atoms with Gasteiger partial charge in [0, 0.05) is 12.1 Å². The second-order valence-electron chi connectivity index (χ2n) is 4.96.